The van der Waals surface area contributed by atoms with E-state index in [0.29, 0.717) is 19.4 Å². The number of thiophene rings is 1. The highest BCUT2D eigenvalue weighted by molar-refractivity contribution is 7.08. The Kier molecular flexibility index (Phi) is 5.44. The summed E-state index contributed by atoms with van der Waals surface area (Å²) in [6.07, 6.45) is 0.474. The van der Waals surface area contributed by atoms with E-state index in [1.54, 1.807) is 11.0 Å². The highest BCUT2D eigenvalue weighted by Gasteiger charge is 2.38. The molecule has 1 aliphatic rings. The Labute approximate surface area is 140 Å². The summed E-state index contributed by atoms with van der Waals surface area (Å²) >= 11 is 1.46. The van der Waals surface area contributed by atoms with Crippen LogP contribution in [0.2, 0.25) is 0 Å². The van der Waals surface area contributed by atoms with E-state index in [1.165, 1.54) is 11.3 Å². The van der Waals surface area contributed by atoms with Crippen LogP contribution in [0.1, 0.15) is 45.2 Å². The molecule has 0 aromatic carbocycles. The van der Waals surface area contributed by atoms with Crippen molar-refractivity contribution >= 4 is 23.3 Å². The third-order valence-electron chi connectivity index (χ3n) is 3.85. The molecule has 0 saturated carbocycles. The number of carboxylic acid groups (broad SMARTS) is 1. The lowest BCUT2D eigenvalue weighted by Gasteiger charge is -2.40. The number of rotatable bonds is 4. The van der Waals surface area contributed by atoms with Gasteiger partial charge >= 0.3 is 11.9 Å². The maximum Gasteiger partial charge on any atom is 0.325 e. The van der Waals surface area contributed by atoms with Crippen molar-refractivity contribution < 1.29 is 19.4 Å². The Bertz CT molecular complexity index is 553. The van der Waals surface area contributed by atoms with Crippen molar-refractivity contribution in [1.29, 1.82) is 0 Å². The molecule has 1 fully saturated rings. The Balaban J connectivity index is 2.06. The third-order valence-corrected chi connectivity index (χ3v) is 4.55. The number of esters is 1. The van der Waals surface area contributed by atoms with Gasteiger partial charge in [-0.2, -0.15) is 11.3 Å². The topological polar surface area (TPSA) is 92.9 Å². The number of ether oxygens (including phenoxy) is 1. The number of piperidine rings is 1. The second-order valence-electron chi connectivity index (χ2n) is 6.86. The average molecular weight is 340 g/mol. The van der Waals surface area contributed by atoms with E-state index in [2.05, 4.69) is 0 Å². The summed E-state index contributed by atoms with van der Waals surface area (Å²) in [7, 11) is 0. The molecule has 1 saturated heterocycles. The molecule has 0 spiro atoms. The molecule has 7 heteroatoms. The minimum Gasteiger partial charge on any atom is -0.480 e. The van der Waals surface area contributed by atoms with E-state index in [1.807, 2.05) is 31.5 Å². The van der Waals surface area contributed by atoms with Crippen LogP contribution in [-0.2, 0) is 14.3 Å². The normalized spacial score (nSPS) is 24.2. The van der Waals surface area contributed by atoms with Crippen LogP contribution in [-0.4, -0.2) is 40.3 Å². The molecule has 1 aromatic heterocycles. The highest BCUT2D eigenvalue weighted by Crippen LogP contribution is 2.31. The molecule has 0 amide bonds. The lowest BCUT2D eigenvalue weighted by molar-refractivity contribution is -0.163. The van der Waals surface area contributed by atoms with Crippen molar-refractivity contribution in [1.82, 2.24) is 4.90 Å². The molecule has 0 bridgehead atoms. The van der Waals surface area contributed by atoms with E-state index >= 15 is 0 Å². The van der Waals surface area contributed by atoms with E-state index in [-0.39, 0.29) is 11.9 Å². The van der Waals surface area contributed by atoms with Gasteiger partial charge in [0.1, 0.15) is 11.6 Å². The first-order chi connectivity index (χ1) is 10.7. The molecule has 1 aliphatic heterocycles. The molecule has 6 nitrogen and oxygen atoms in total. The molecule has 3 atom stereocenters. The molecule has 0 unspecified atom stereocenters. The summed E-state index contributed by atoms with van der Waals surface area (Å²) in [6.45, 7) is 5.95. The summed E-state index contributed by atoms with van der Waals surface area (Å²) in [5.74, 6) is -1.46. The van der Waals surface area contributed by atoms with Crippen molar-refractivity contribution in [2.24, 2.45) is 11.7 Å². The van der Waals surface area contributed by atoms with Gasteiger partial charge in [0, 0.05) is 6.54 Å². The molecule has 128 valence electrons. The lowest BCUT2D eigenvalue weighted by atomic mass is 9.92. The zero-order valence-electron chi connectivity index (χ0n) is 13.7. The minimum absolute atomic E-state index is 0.255. The second-order valence-corrected chi connectivity index (χ2v) is 7.64. The standard InChI is InChI=1S/C16H24N2O4S/c1-16(2,3)22-15(21)10-4-6-18(12(17)8-10)13(14(19)20)11-5-7-23-9-11/h5,7,9-10,12-13H,4,6,8,17H2,1-3H3,(H,19,20)/t10-,12-,13-/m1/s1. The van der Waals surface area contributed by atoms with Crippen molar-refractivity contribution in [2.45, 2.75) is 51.4 Å². The molecular formula is C16H24N2O4S. The maximum absolute atomic E-state index is 12.2. The molecule has 3 N–H and O–H groups in total. The fraction of sp³-hybridized carbons (Fsp3) is 0.625. The summed E-state index contributed by atoms with van der Waals surface area (Å²) in [5.41, 5.74) is 6.38. The van der Waals surface area contributed by atoms with Crippen molar-refractivity contribution in [3.63, 3.8) is 0 Å². The van der Waals surface area contributed by atoms with Gasteiger partial charge in [0.15, 0.2) is 0 Å². The van der Waals surface area contributed by atoms with Gasteiger partial charge in [-0.3, -0.25) is 14.5 Å². The van der Waals surface area contributed by atoms with Gasteiger partial charge in [-0.1, -0.05) is 0 Å². The number of carbonyl (C=O) groups excluding carboxylic acids is 1. The van der Waals surface area contributed by atoms with Crippen LogP contribution in [0.5, 0.6) is 0 Å². The first kappa shape index (κ1) is 17.9. The molecule has 23 heavy (non-hydrogen) atoms. The summed E-state index contributed by atoms with van der Waals surface area (Å²) in [6, 6.07) is 1.03. The molecular weight excluding hydrogens is 316 g/mol. The molecule has 2 rings (SSSR count). The number of likely N-dealkylation sites (tertiary alicyclic amines) is 1. The average Bonchev–Trinajstić information content (AvgIpc) is 2.92. The number of aliphatic carboxylic acids is 1. The number of carbonyl (C=O) groups is 2. The van der Waals surface area contributed by atoms with Crippen LogP contribution < -0.4 is 5.73 Å². The van der Waals surface area contributed by atoms with Crippen LogP contribution in [0.25, 0.3) is 0 Å². The molecule has 2 heterocycles. The van der Waals surface area contributed by atoms with Crippen LogP contribution in [0.15, 0.2) is 16.8 Å². The number of nitrogens with zero attached hydrogens (tertiary/aromatic N) is 1. The van der Waals surface area contributed by atoms with Crippen LogP contribution in [0, 0.1) is 5.92 Å². The maximum atomic E-state index is 12.2. The van der Waals surface area contributed by atoms with E-state index < -0.39 is 23.8 Å². The van der Waals surface area contributed by atoms with E-state index in [0.717, 1.165) is 5.56 Å². The first-order valence-electron chi connectivity index (χ1n) is 7.68. The second kappa shape index (κ2) is 6.98. The van der Waals surface area contributed by atoms with Crippen molar-refractivity contribution in [2.75, 3.05) is 6.54 Å². The van der Waals surface area contributed by atoms with Gasteiger partial charge in [0.2, 0.25) is 0 Å². The van der Waals surface area contributed by atoms with Crippen LogP contribution in [0.4, 0.5) is 0 Å². The van der Waals surface area contributed by atoms with E-state index in [9.17, 15) is 14.7 Å². The Morgan fingerprint density at radius 2 is 2.17 bits per heavy atom. The van der Waals surface area contributed by atoms with Gasteiger partial charge in [-0.15, -0.1) is 0 Å². The summed E-state index contributed by atoms with van der Waals surface area (Å²) in [5, 5.41) is 13.2. The number of hydrogen-bond acceptors (Lipinski definition) is 6. The number of nitrogens with two attached hydrogens (primary N) is 1. The number of hydrogen-bond donors (Lipinski definition) is 2. The van der Waals surface area contributed by atoms with Crippen molar-refractivity contribution in [3.8, 4) is 0 Å². The van der Waals surface area contributed by atoms with E-state index in [4.69, 9.17) is 10.5 Å². The monoisotopic (exact) mass is 340 g/mol. The quantitative estimate of drug-likeness (QED) is 0.816. The highest BCUT2D eigenvalue weighted by atomic mass is 32.1. The Morgan fingerprint density at radius 3 is 2.65 bits per heavy atom. The molecule has 1 aromatic rings. The first-order valence-corrected chi connectivity index (χ1v) is 8.62. The summed E-state index contributed by atoms with van der Waals surface area (Å²) in [4.78, 5) is 25.6. The largest absolute Gasteiger partial charge is 0.480 e. The predicted molar refractivity (Wildman–Crippen MR) is 87.9 cm³/mol. The van der Waals surface area contributed by atoms with Gasteiger partial charge in [-0.25, -0.2) is 0 Å². The minimum atomic E-state index is -0.922. The number of carboxylic acids is 1. The zero-order chi connectivity index (χ0) is 17.2. The molecule has 0 radical (unpaired) electrons. The Hall–Kier alpha value is -1.44. The van der Waals surface area contributed by atoms with Crippen LogP contribution >= 0.6 is 11.3 Å². The third kappa shape index (κ3) is 4.53. The van der Waals surface area contributed by atoms with Gasteiger partial charge in [0.05, 0.1) is 12.1 Å². The smallest absolute Gasteiger partial charge is 0.325 e. The van der Waals surface area contributed by atoms with Crippen molar-refractivity contribution in [3.05, 3.63) is 22.4 Å². The Morgan fingerprint density at radius 1 is 1.48 bits per heavy atom. The summed E-state index contributed by atoms with van der Waals surface area (Å²) < 4.78 is 5.41. The predicted octanol–water partition coefficient (Wildman–Crippen LogP) is 2.21. The van der Waals surface area contributed by atoms with Gasteiger partial charge in [-0.05, 0) is 56.0 Å². The fourth-order valence-corrected chi connectivity index (χ4v) is 3.52. The molecule has 0 aliphatic carbocycles. The fourth-order valence-electron chi connectivity index (χ4n) is 2.84. The van der Waals surface area contributed by atoms with Crippen LogP contribution in [0.3, 0.4) is 0 Å². The van der Waals surface area contributed by atoms with Gasteiger partial charge < -0.3 is 15.6 Å². The van der Waals surface area contributed by atoms with Gasteiger partial charge in [0.25, 0.3) is 0 Å². The zero-order valence-corrected chi connectivity index (χ0v) is 14.5. The SMILES string of the molecule is CC(C)(C)OC(=O)[C@@H]1CCN([C@@H](C(=O)O)c2ccsc2)[C@@H](N)C1. The lowest BCUT2D eigenvalue weighted by Crippen LogP contribution is -2.52.